The molecule has 0 radical (unpaired) electrons. The van der Waals surface area contributed by atoms with E-state index in [2.05, 4.69) is 25.8 Å². The number of nitrogens with one attached hydrogen (secondary N) is 2. The number of hydrogen-bond donors (Lipinski definition) is 2. The highest BCUT2D eigenvalue weighted by molar-refractivity contribution is 7.86. The second-order valence-electron chi connectivity index (χ2n) is 10.1. The fourth-order valence-corrected chi connectivity index (χ4v) is 7.84. The Labute approximate surface area is 204 Å². The number of hydrogen-bond acceptors (Lipinski definition) is 8. The number of anilines is 1. The average molecular weight is 502 g/mol. The monoisotopic (exact) mass is 501 g/mol. The van der Waals surface area contributed by atoms with Crippen molar-refractivity contribution in [2.24, 2.45) is 0 Å². The largest absolute Gasteiger partial charge is 0.360 e. The molecule has 1 saturated carbocycles. The number of fused-ring (bicyclic) bond motifs is 2. The van der Waals surface area contributed by atoms with Crippen molar-refractivity contribution < 1.29 is 17.7 Å². The lowest BCUT2D eigenvalue weighted by Gasteiger charge is -2.42. The third-order valence-electron chi connectivity index (χ3n) is 7.69. The molecule has 0 aromatic carbocycles. The first kappa shape index (κ1) is 22.9. The normalized spacial score (nSPS) is 28.2. The Morgan fingerprint density at radius 1 is 0.971 bits per heavy atom. The Morgan fingerprint density at radius 2 is 1.66 bits per heavy atom. The molecule has 11 nitrogen and oxygen atoms in total. The van der Waals surface area contributed by atoms with E-state index in [1.54, 1.807) is 33.1 Å². The van der Waals surface area contributed by atoms with Gasteiger partial charge < -0.3 is 15.2 Å². The van der Waals surface area contributed by atoms with Crippen LogP contribution in [0.5, 0.6) is 0 Å². The van der Waals surface area contributed by atoms with Gasteiger partial charge in [-0.1, -0.05) is 5.16 Å². The van der Waals surface area contributed by atoms with Gasteiger partial charge in [0, 0.05) is 61.6 Å². The molecular formula is C23H31N7O4S. The van der Waals surface area contributed by atoms with Crippen LogP contribution in [0.1, 0.15) is 73.5 Å². The van der Waals surface area contributed by atoms with Crippen molar-refractivity contribution in [3.63, 3.8) is 0 Å². The summed E-state index contributed by atoms with van der Waals surface area (Å²) >= 11 is 0. The van der Waals surface area contributed by atoms with E-state index < -0.39 is 10.2 Å². The van der Waals surface area contributed by atoms with Gasteiger partial charge in [0.1, 0.15) is 5.76 Å². The van der Waals surface area contributed by atoms with Gasteiger partial charge in [0.25, 0.3) is 16.1 Å². The van der Waals surface area contributed by atoms with Crippen LogP contribution >= 0.6 is 0 Å². The van der Waals surface area contributed by atoms with E-state index in [4.69, 9.17) is 4.52 Å². The highest BCUT2D eigenvalue weighted by Crippen LogP contribution is 2.41. The van der Waals surface area contributed by atoms with Crippen molar-refractivity contribution in [3.05, 3.63) is 36.0 Å². The number of aromatic nitrogens is 3. The van der Waals surface area contributed by atoms with E-state index >= 15 is 0 Å². The summed E-state index contributed by atoms with van der Waals surface area (Å²) in [5.74, 6) is 1.52. The van der Waals surface area contributed by atoms with Crippen LogP contribution in [0.3, 0.4) is 0 Å². The van der Waals surface area contributed by atoms with Crippen molar-refractivity contribution in [2.75, 3.05) is 18.4 Å². The summed E-state index contributed by atoms with van der Waals surface area (Å²) in [6.07, 6.45) is 9.87. The van der Waals surface area contributed by atoms with Crippen LogP contribution in [0.2, 0.25) is 0 Å². The summed E-state index contributed by atoms with van der Waals surface area (Å²) in [5, 5.41) is 10.3. The van der Waals surface area contributed by atoms with Crippen LogP contribution in [0.15, 0.2) is 29.0 Å². The molecule has 2 aromatic heterocycles. The fraction of sp³-hybridized carbons (Fsp3) is 0.652. The van der Waals surface area contributed by atoms with Crippen molar-refractivity contribution in [3.8, 4) is 0 Å². The summed E-state index contributed by atoms with van der Waals surface area (Å²) in [4.78, 5) is 21.1. The third kappa shape index (κ3) is 4.66. The molecule has 3 saturated heterocycles. The van der Waals surface area contributed by atoms with E-state index in [9.17, 15) is 13.2 Å². The third-order valence-corrected chi connectivity index (χ3v) is 9.83. The number of amides is 1. The van der Waals surface area contributed by atoms with Crippen LogP contribution in [-0.2, 0) is 10.2 Å². The molecule has 3 atom stereocenters. The molecule has 188 valence electrons. The van der Waals surface area contributed by atoms with Crippen LogP contribution in [0.25, 0.3) is 0 Å². The lowest BCUT2D eigenvalue weighted by Crippen LogP contribution is -2.57. The lowest BCUT2D eigenvalue weighted by atomic mass is 9.99. The Kier molecular flexibility index (Phi) is 5.97. The van der Waals surface area contributed by atoms with Crippen molar-refractivity contribution in [1.82, 2.24) is 29.1 Å². The van der Waals surface area contributed by atoms with Gasteiger partial charge in [-0.05, 0) is 57.4 Å². The first-order valence-corrected chi connectivity index (χ1v) is 14.0. The minimum atomic E-state index is -3.55. The topological polar surface area (TPSA) is 134 Å². The van der Waals surface area contributed by atoms with Crippen molar-refractivity contribution in [1.29, 1.82) is 0 Å². The van der Waals surface area contributed by atoms with Gasteiger partial charge in [-0.3, -0.25) is 4.79 Å². The average Bonchev–Trinajstić information content (AvgIpc) is 3.51. The molecule has 1 aliphatic carbocycles. The number of nitrogens with zero attached hydrogens (tertiary/aromatic N) is 5. The summed E-state index contributed by atoms with van der Waals surface area (Å²) in [5.41, 5.74) is 0.312. The van der Waals surface area contributed by atoms with E-state index in [1.165, 1.54) is 0 Å². The smallest absolute Gasteiger partial charge is 0.282 e. The maximum absolute atomic E-state index is 13.6. The van der Waals surface area contributed by atoms with Crippen LogP contribution < -0.4 is 10.6 Å². The highest BCUT2D eigenvalue weighted by atomic mass is 32.2. The minimum absolute atomic E-state index is 0.0617. The van der Waals surface area contributed by atoms with Crippen molar-refractivity contribution >= 4 is 22.1 Å². The Balaban J connectivity index is 1.05. The zero-order valence-electron chi connectivity index (χ0n) is 19.5. The molecule has 1 unspecified atom stereocenters. The molecule has 3 aliphatic heterocycles. The summed E-state index contributed by atoms with van der Waals surface area (Å²) in [7, 11) is -3.55. The molecule has 12 heteroatoms. The number of carbonyl (C=O) groups excluding carboxylic acids is 1. The first-order chi connectivity index (χ1) is 17.0. The standard InChI is InChI=1S/C23H31N7O4S/c31-22(20-14-21(34-28-20)15-2-3-15)26-17-12-18-4-5-19(13-17)30(18)35(32,33)29-10-6-16(7-11-29)27-23-24-8-1-9-25-23/h1,8-9,14-19H,2-7,10-13H2,(H,26,31)(H,24,25,27)/t17?,18-,19+. The predicted octanol–water partition coefficient (Wildman–Crippen LogP) is 1.89. The first-order valence-electron chi connectivity index (χ1n) is 12.6. The molecule has 6 rings (SSSR count). The lowest BCUT2D eigenvalue weighted by molar-refractivity contribution is 0.0897. The molecule has 4 aliphatic rings. The predicted molar refractivity (Wildman–Crippen MR) is 127 cm³/mol. The van der Waals surface area contributed by atoms with Gasteiger partial charge in [-0.15, -0.1) is 0 Å². The maximum Gasteiger partial charge on any atom is 0.282 e. The highest BCUT2D eigenvalue weighted by Gasteiger charge is 2.49. The second-order valence-corrected chi connectivity index (χ2v) is 12.0. The van der Waals surface area contributed by atoms with Gasteiger partial charge in [-0.25, -0.2) is 9.97 Å². The van der Waals surface area contributed by atoms with E-state index in [0.29, 0.717) is 56.3 Å². The fourth-order valence-electron chi connectivity index (χ4n) is 5.76. The van der Waals surface area contributed by atoms with Crippen molar-refractivity contribution in [2.45, 2.75) is 81.5 Å². The SMILES string of the molecule is O=C(NC1C[C@H]2CC[C@@H](C1)N2S(=O)(=O)N1CCC(Nc2ncccn2)CC1)c1cc(C2CC2)on1. The molecule has 0 spiro atoms. The summed E-state index contributed by atoms with van der Waals surface area (Å²) in [6.45, 7) is 0.941. The minimum Gasteiger partial charge on any atom is -0.360 e. The molecule has 2 bridgehead atoms. The van der Waals surface area contributed by atoms with Gasteiger partial charge in [0.15, 0.2) is 5.69 Å². The van der Waals surface area contributed by atoms with Gasteiger partial charge in [-0.2, -0.15) is 17.0 Å². The quantitative estimate of drug-likeness (QED) is 0.588. The van der Waals surface area contributed by atoms with E-state index in [1.807, 2.05) is 0 Å². The van der Waals surface area contributed by atoms with Gasteiger partial charge in [0.05, 0.1) is 0 Å². The Hall–Kier alpha value is -2.57. The number of piperidine rings is 2. The molecule has 1 amide bonds. The molecule has 5 heterocycles. The van der Waals surface area contributed by atoms with Crippen LogP contribution in [-0.4, -0.2) is 75.3 Å². The maximum atomic E-state index is 13.6. The summed E-state index contributed by atoms with van der Waals surface area (Å²) < 4.78 is 35.8. The van der Waals surface area contributed by atoms with Crippen LogP contribution in [0, 0.1) is 0 Å². The van der Waals surface area contributed by atoms with Gasteiger partial charge in [0.2, 0.25) is 5.95 Å². The number of rotatable bonds is 7. The molecule has 2 N–H and O–H groups in total. The molecule has 35 heavy (non-hydrogen) atoms. The van der Waals surface area contributed by atoms with Gasteiger partial charge >= 0.3 is 0 Å². The molecular weight excluding hydrogens is 470 g/mol. The number of carbonyl (C=O) groups is 1. The molecule has 2 aromatic rings. The Bertz CT molecular complexity index is 1150. The van der Waals surface area contributed by atoms with E-state index in [0.717, 1.165) is 31.4 Å². The van der Waals surface area contributed by atoms with Crippen LogP contribution in [0.4, 0.5) is 5.95 Å². The van der Waals surface area contributed by atoms with E-state index in [-0.39, 0.29) is 30.1 Å². The summed E-state index contributed by atoms with van der Waals surface area (Å²) in [6, 6.07) is 3.42. The second kappa shape index (κ2) is 9.14. The zero-order valence-corrected chi connectivity index (χ0v) is 20.4. The zero-order chi connectivity index (χ0) is 24.0. The molecule has 4 fully saturated rings. The Morgan fingerprint density at radius 3 is 2.31 bits per heavy atom.